The minimum Gasteiger partial charge on any atom is -1.00 e. The zero-order valence-corrected chi connectivity index (χ0v) is 23.5. The Morgan fingerprint density at radius 2 is 1.87 bits per heavy atom. The number of fused-ring (bicyclic) bond motifs is 3. The second kappa shape index (κ2) is 11.5. The van der Waals surface area contributed by atoms with Crippen LogP contribution < -0.4 is 44.3 Å². The average Bonchev–Trinajstić information content (AvgIpc) is 3.04. The van der Waals surface area contributed by atoms with E-state index >= 15 is 4.39 Å². The van der Waals surface area contributed by atoms with Gasteiger partial charge in [0, 0.05) is 39.7 Å². The zero-order chi connectivity index (χ0) is 26.1. The van der Waals surface area contributed by atoms with Crippen LogP contribution >= 0.6 is 11.6 Å². The van der Waals surface area contributed by atoms with Crippen molar-refractivity contribution in [1.29, 1.82) is 0 Å². The fourth-order valence-corrected chi connectivity index (χ4v) is 4.35. The number of aromatic nitrogens is 2. The van der Waals surface area contributed by atoms with Crippen molar-refractivity contribution in [2.45, 2.75) is 6.54 Å². The van der Waals surface area contributed by atoms with E-state index in [-0.39, 0.29) is 60.4 Å². The van der Waals surface area contributed by atoms with Gasteiger partial charge in [0.25, 0.3) is 0 Å². The molecule has 2 N–H and O–H groups in total. The van der Waals surface area contributed by atoms with Crippen molar-refractivity contribution >= 4 is 34.9 Å². The Morgan fingerprint density at radius 3 is 2.61 bits per heavy atom. The third-order valence-corrected chi connectivity index (χ3v) is 6.12. The minimum atomic E-state index is -1.10. The summed E-state index contributed by atoms with van der Waals surface area (Å²) in [6.45, 7) is 0.204. The molecule has 0 amide bonds. The van der Waals surface area contributed by atoms with Crippen LogP contribution in [0, 0.1) is 5.82 Å². The molecular weight excluding hydrogens is 522 g/mol. The molecule has 0 aliphatic carbocycles. The molecule has 0 radical (unpaired) electrons. The number of halogens is 2. The quantitative estimate of drug-likeness (QED) is 0.361. The number of nitrogens with zero attached hydrogens (tertiary/aromatic N) is 3. The maximum Gasteiger partial charge on any atom is 1.00 e. The number of carbonyl (C=O) groups is 1. The number of ether oxygens (including phenoxy) is 2. The molecule has 0 bridgehead atoms. The van der Waals surface area contributed by atoms with Crippen LogP contribution in [0.15, 0.2) is 65.8 Å². The molecule has 8 nitrogen and oxygen atoms in total. The van der Waals surface area contributed by atoms with Gasteiger partial charge in [-0.3, -0.25) is 4.99 Å². The molecule has 0 saturated carbocycles. The topological polar surface area (TPSA) is 106 Å². The van der Waals surface area contributed by atoms with E-state index < -0.39 is 11.8 Å². The van der Waals surface area contributed by atoms with E-state index in [1.807, 2.05) is 6.07 Å². The van der Waals surface area contributed by atoms with Gasteiger partial charge in [-0.2, -0.15) is 0 Å². The number of hydrogen-bond acceptors (Lipinski definition) is 7. The van der Waals surface area contributed by atoms with Gasteiger partial charge in [-0.15, -0.1) is 0 Å². The van der Waals surface area contributed by atoms with Crippen LogP contribution in [0.25, 0.3) is 11.3 Å². The monoisotopic (exact) mass is 542 g/mol. The molecule has 0 spiro atoms. The molecule has 0 fully saturated rings. The van der Waals surface area contributed by atoms with Crippen molar-refractivity contribution in [3.05, 3.63) is 93.9 Å². The van der Waals surface area contributed by atoms with E-state index in [0.717, 1.165) is 5.56 Å². The van der Waals surface area contributed by atoms with Gasteiger partial charge in [-0.25, -0.2) is 19.2 Å². The Morgan fingerprint density at radius 1 is 1.08 bits per heavy atom. The second-order valence-corrected chi connectivity index (χ2v) is 8.52. The van der Waals surface area contributed by atoms with Crippen LogP contribution in [-0.2, 0) is 6.54 Å². The number of carboxylic acids is 1. The maximum absolute atomic E-state index is 15.0. The van der Waals surface area contributed by atoms with E-state index in [1.54, 1.807) is 42.6 Å². The van der Waals surface area contributed by atoms with Crippen LogP contribution in [0.5, 0.6) is 11.5 Å². The minimum absolute atomic E-state index is 0. The average molecular weight is 543 g/mol. The number of benzene rings is 3. The SMILES string of the molecule is COc1cc(Nc2ncc3c(n2)-c2ccc(Cl)cc2C(c2c(F)cccc2OC)=NC3)ccc1C(=O)O.[H-].[Na+]. The Balaban J connectivity index is 0.00000210. The standard InChI is InChI=1S/C27H20ClFN4O4.Na.H/c1-36-21-5-3-4-20(29)23(21)25-19-10-15(28)6-8-17(19)24-14(12-30-25)13-31-27(33-24)32-16-7-9-18(26(34)35)22(11-16)37-2;;/h3-11,13H,12H2,1-2H3,(H,34,35)(H,31,32,33);;/q;+1;-1. The van der Waals surface area contributed by atoms with Crippen molar-refractivity contribution in [3.63, 3.8) is 0 Å². The summed E-state index contributed by atoms with van der Waals surface area (Å²) in [7, 11) is 2.87. The number of aromatic carboxylic acids is 1. The van der Waals surface area contributed by atoms with Crippen LogP contribution in [0.2, 0.25) is 5.02 Å². The molecule has 188 valence electrons. The molecule has 0 saturated heterocycles. The van der Waals surface area contributed by atoms with Gasteiger partial charge in [-0.1, -0.05) is 23.7 Å². The zero-order valence-electron chi connectivity index (χ0n) is 21.8. The van der Waals surface area contributed by atoms with Gasteiger partial charge < -0.3 is 21.3 Å². The van der Waals surface area contributed by atoms with Crippen LogP contribution in [-0.4, -0.2) is 41.0 Å². The number of aliphatic imine (C=N–C) groups is 1. The number of anilines is 2. The molecule has 4 aromatic rings. The summed E-state index contributed by atoms with van der Waals surface area (Å²) in [5.41, 5.74) is 3.85. The molecule has 1 aliphatic rings. The largest absolute Gasteiger partial charge is 1.00 e. The van der Waals surface area contributed by atoms with Gasteiger partial charge >= 0.3 is 35.5 Å². The van der Waals surface area contributed by atoms with E-state index in [0.29, 0.717) is 39.0 Å². The fraction of sp³-hybridized carbons (Fsp3) is 0.111. The Labute approximate surface area is 246 Å². The first-order valence-corrected chi connectivity index (χ1v) is 11.5. The summed E-state index contributed by atoms with van der Waals surface area (Å²) in [4.78, 5) is 25.2. The molecule has 1 aromatic heterocycles. The van der Waals surface area contributed by atoms with Gasteiger partial charge in [0.1, 0.15) is 22.9 Å². The summed E-state index contributed by atoms with van der Waals surface area (Å²) < 4.78 is 25.7. The first-order valence-electron chi connectivity index (χ1n) is 11.1. The Bertz CT molecular complexity index is 1590. The van der Waals surface area contributed by atoms with Gasteiger partial charge in [0.05, 0.1) is 37.7 Å². The molecule has 0 atom stereocenters. The summed E-state index contributed by atoms with van der Waals surface area (Å²) in [5, 5.41) is 12.9. The molecular formula is C27H21ClFN4NaO4. The molecule has 3 aromatic carbocycles. The third kappa shape index (κ3) is 5.23. The molecule has 1 aliphatic heterocycles. The summed E-state index contributed by atoms with van der Waals surface area (Å²) in [5.74, 6) is -0.743. The van der Waals surface area contributed by atoms with Crippen molar-refractivity contribution < 1.29 is 54.7 Å². The van der Waals surface area contributed by atoms with Crippen LogP contribution in [0.4, 0.5) is 16.0 Å². The number of methoxy groups -OCH3 is 2. The summed E-state index contributed by atoms with van der Waals surface area (Å²) in [6, 6.07) is 14.5. The molecule has 38 heavy (non-hydrogen) atoms. The number of carboxylic acid groups (broad SMARTS) is 1. The molecule has 2 heterocycles. The molecule has 0 unspecified atom stereocenters. The predicted molar refractivity (Wildman–Crippen MR) is 139 cm³/mol. The van der Waals surface area contributed by atoms with E-state index in [9.17, 15) is 9.90 Å². The van der Waals surface area contributed by atoms with Crippen LogP contribution in [0.3, 0.4) is 0 Å². The second-order valence-electron chi connectivity index (χ2n) is 8.08. The third-order valence-electron chi connectivity index (χ3n) is 5.88. The fourth-order valence-electron chi connectivity index (χ4n) is 4.18. The van der Waals surface area contributed by atoms with E-state index in [1.165, 1.54) is 26.4 Å². The van der Waals surface area contributed by atoms with Gasteiger partial charge in [-0.05, 0) is 36.4 Å². The van der Waals surface area contributed by atoms with Gasteiger partial charge in [0.2, 0.25) is 5.95 Å². The first kappa shape index (κ1) is 27.5. The predicted octanol–water partition coefficient (Wildman–Crippen LogP) is 2.86. The summed E-state index contributed by atoms with van der Waals surface area (Å²) in [6.07, 6.45) is 1.65. The van der Waals surface area contributed by atoms with Crippen molar-refractivity contribution in [2.24, 2.45) is 4.99 Å². The Kier molecular flexibility index (Phi) is 8.32. The van der Waals surface area contributed by atoms with E-state index in [2.05, 4.69) is 10.3 Å². The van der Waals surface area contributed by atoms with E-state index in [4.69, 9.17) is 31.1 Å². The number of rotatable bonds is 6. The smallest absolute Gasteiger partial charge is 1.00 e. The maximum atomic E-state index is 15.0. The molecule has 11 heteroatoms. The number of hydrogen-bond donors (Lipinski definition) is 2. The van der Waals surface area contributed by atoms with Gasteiger partial charge in [0.15, 0.2) is 0 Å². The van der Waals surface area contributed by atoms with Crippen LogP contribution in [0.1, 0.15) is 28.5 Å². The first-order chi connectivity index (χ1) is 17.9. The van der Waals surface area contributed by atoms with Crippen molar-refractivity contribution in [3.8, 4) is 22.8 Å². The molecule has 5 rings (SSSR count). The van der Waals surface area contributed by atoms with Crippen molar-refractivity contribution in [1.82, 2.24) is 9.97 Å². The van der Waals surface area contributed by atoms with Crippen molar-refractivity contribution in [2.75, 3.05) is 19.5 Å². The Hall–Kier alpha value is -3.50. The normalized spacial score (nSPS) is 11.7. The number of nitrogens with one attached hydrogen (secondary N) is 1. The summed E-state index contributed by atoms with van der Waals surface area (Å²) >= 11 is 6.35.